The van der Waals surface area contributed by atoms with E-state index in [2.05, 4.69) is 0 Å². The summed E-state index contributed by atoms with van der Waals surface area (Å²) >= 11 is 0. The lowest BCUT2D eigenvalue weighted by molar-refractivity contribution is -0.145. The predicted octanol–water partition coefficient (Wildman–Crippen LogP) is 0.890. The van der Waals surface area contributed by atoms with Crippen LogP contribution in [0.15, 0.2) is 24.3 Å². The molecule has 1 heterocycles. The van der Waals surface area contributed by atoms with Gasteiger partial charge in [0, 0.05) is 20.1 Å². The molecule has 2 rings (SSSR count). The van der Waals surface area contributed by atoms with Gasteiger partial charge in [0.25, 0.3) is 0 Å². The quantitative estimate of drug-likeness (QED) is 0.746. The van der Waals surface area contributed by atoms with Crippen molar-refractivity contribution >= 4 is 17.5 Å². The van der Waals surface area contributed by atoms with Crippen molar-refractivity contribution in [2.24, 2.45) is 0 Å². The molecule has 0 atom stereocenters. The Kier molecular flexibility index (Phi) is 3.50. The van der Waals surface area contributed by atoms with E-state index in [1.54, 1.807) is 19.2 Å². The van der Waals surface area contributed by atoms with Crippen molar-refractivity contribution in [3.05, 3.63) is 24.3 Å². The molecular formula is C13H16N2O3. The number of carbonyl (C=O) groups is 2. The first-order chi connectivity index (χ1) is 8.65. The Labute approximate surface area is 106 Å². The van der Waals surface area contributed by atoms with Gasteiger partial charge in [0.05, 0.1) is 12.3 Å². The molecule has 1 fully saturated rings. The molecule has 0 aromatic heterocycles. The number of hydrogen-bond acceptors (Lipinski definition) is 3. The van der Waals surface area contributed by atoms with E-state index >= 15 is 0 Å². The average Bonchev–Trinajstić information content (AvgIpc) is 2.38. The van der Waals surface area contributed by atoms with E-state index in [4.69, 9.17) is 4.74 Å². The number of rotatable bonds is 3. The van der Waals surface area contributed by atoms with Gasteiger partial charge in [0.1, 0.15) is 5.75 Å². The molecule has 1 aliphatic heterocycles. The maximum Gasteiger partial charge on any atom is 0.316 e. The van der Waals surface area contributed by atoms with Crippen LogP contribution < -0.4 is 9.64 Å². The lowest BCUT2D eigenvalue weighted by atomic mass is 10.2. The number of benzene rings is 1. The van der Waals surface area contributed by atoms with Crippen LogP contribution >= 0.6 is 0 Å². The van der Waals surface area contributed by atoms with Crippen molar-refractivity contribution in [3.8, 4) is 5.75 Å². The zero-order chi connectivity index (χ0) is 13.1. The fourth-order valence-electron chi connectivity index (χ4n) is 1.92. The van der Waals surface area contributed by atoms with Crippen LogP contribution in [0.3, 0.4) is 0 Å². The lowest BCUT2D eigenvalue weighted by Crippen LogP contribution is -2.53. The Morgan fingerprint density at radius 3 is 2.61 bits per heavy atom. The van der Waals surface area contributed by atoms with Crippen molar-refractivity contribution in [2.45, 2.75) is 6.92 Å². The second-order valence-corrected chi connectivity index (χ2v) is 4.08. The van der Waals surface area contributed by atoms with Crippen LogP contribution in [0.25, 0.3) is 0 Å². The molecule has 0 radical (unpaired) electrons. The standard InChI is InChI=1S/C13H16N2O3/c1-3-18-11-7-5-4-6-10(11)15-9-8-14(2)12(16)13(15)17/h4-7H,3,8-9H2,1-2H3. The molecule has 0 saturated carbocycles. The van der Waals surface area contributed by atoms with Gasteiger partial charge in [-0.15, -0.1) is 0 Å². The molecule has 1 saturated heterocycles. The Balaban J connectivity index is 2.31. The van der Waals surface area contributed by atoms with Crippen LogP contribution in [0.1, 0.15) is 6.92 Å². The van der Waals surface area contributed by atoms with Crippen LogP contribution in [0, 0.1) is 0 Å². The minimum Gasteiger partial charge on any atom is -0.492 e. The molecule has 5 heteroatoms. The van der Waals surface area contributed by atoms with Gasteiger partial charge in [0.2, 0.25) is 0 Å². The van der Waals surface area contributed by atoms with E-state index in [1.807, 2.05) is 19.1 Å². The average molecular weight is 248 g/mol. The molecule has 2 amide bonds. The molecule has 0 aliphatic carbocycles. The Hall–Kier alpha value is -2.04. The monoisotopic (exact) mass is 248 g/mol. The van der Waals surface area contributed by atoms with E-state index in [9.17, 15) is 9.59 Å². The summed E-state index contributed by atoms with van der Waals surface area (Å²) in [5.74, 6) is -0.353. The second-order valence-electron chi connectivity index (χ2n) is 4.08. The predicted molar refractivity (Wildman–Crippen MR) is 67.6 cm³/mol. The number of piperazine rings is 1. The van der Waals surface area contributed by atoms with Gasteiger partial charge in [-0.3, -0.25) is 14.5 Å². The molecule has 1 aromatic carbocycles. The third-order valence-corrected chi connectivity index (χ3v) is 2.89. The highest BCUT2D eigenvalue weighted by Gasteiger charge is 2.32. The summed E-state index contributed by atoms with van der Waals surface area (Å²) in [5.41, 5.74) is 0.658. The summed E-state index contributed by atoms with van der Waals surface area (Å²) in [5, 5.41) is 0. The van der Waals surface area contributed by atoms with Crippen LogP contribution in [-0.2, 0) is 9.59 Å². The van der Waals surface area contributed by atoms with Crippen molar-refractivity contribution in [2.75, 3.05) is 31.6 Å². The molecule has 0 unspecified atom stereocenters. The molecule has 18 heavy (non-hydrogen) atoms. The number of ether oxygens (including phenoxy) is 1. The van der Waals surface area contributed by atoms with E-state index in [0.717, 1.165) is 0 Å². The molecule has 0 N–H and O–H groups in total. The second kappa shape index (κ2) is 5.08. The summed E-state index contributed by atoms with van der Waals surface area (Å²) in [6.45, 7) is 3.43. The molecule has 1 aliphatic rings. The highest BCUT2D eigenvalue weighted by molar-refractivity contribution is 6.41. The fraction of sp³-hybridized carbons (Fsp3) is 0.385. The highest BCUT2D eigenvalue weighted by Crippen LogP contribution is 2.29. The summed E-state index contributed by atoms with van der Waals surface area (Å²) in [7, 11) is 1.63. The first kappa shape index (κ1) is 12.4. The molecular weight excluding hydrogens is 232 g/mol. The Morgan fingerprint density at radius 2 is 1.89 bits per heavy atom. The number of likely N-dealkylation sites (N-methyl/N-ethyl adjacent to an activating group) is 1. The third kappa shape index (κ3) is 2.16. The summed E-state index contributed by atoms with van der Waals surface area (Å²) in [4.78, 5) is 26.6. The van der Waals surface area contributed by atoms with Gasteiger partial charge >= 0.3 is 11.8 Å². The summed E-state index contributed by atoms with van der Waals surface area (Å²) in [6.07, 6.45) is 0. The Bertz CT molecular complexity index is 473. The maximum atomic E-state index is 12.0. The number of anilines is 1. The maximum absolute atomic E-state index is 12.0. The van der Waals surface area contributed by atoms with Crippen molar-refractivity contribution in [3.63, 3.8) is 0 Å². The molecule has 5 nitrogen and oxygen atoms in total. The zero-order valence-electron chi connectivity index (χ0n) is 10.5. The fourth-order valence-corrected chi connectivity index (χ4v) is 1.92. The number of carbonyl (C=O) groups excluding carboxylic acids is 2. The smallest absolute Gasteiger partial charge is 0.316 e. The van der Waals surface area contributed by atoms with Crippen molar-refractivity contribution < 1.29 is 14.3 Å². The van der Waals surface area contributed by atoms with Gasteiger partial charge < -0.3 is 9.64 Å². The Morgan fingerprint density at radius 1 is 1.17 bits per heavy atom. The number of para-hydroxylation sites is 2. The first-order valence-corrected chi connectivity index (χ1v) is 5.94. The third-order valence-electron chi connectivity index (χ3n) is 2.89. The van der Waals surface area contributed by atoms with Crippen molar-refractivity contribution in [1.29, 1.82) is 0 Å². The normalized spacial score (nSPS) is 16.1. The number of amides is 2. The van der Waals surface area contributed by atoms with Gasteiger partial charge in [0.15, 0.2) is 0 Å². The SMILES string of the molecule is CCOc1ccccc1N1CCN(C)C(=O)C1=O. The van der Waals surface area contributed by atoms with E-state index in [-0.39, 0.29) is 0 Å². The number of nitrogens with zero attached hydrogens (tertiary/aromatic N) is 2. The van der Waals surface area contributed by atoms with E-state index < -0.39 is 11.8 Å². The summed E-state index contributed by atoms with van der Waals surface area (Å²) < 4.78 is 5.48. The molecule has 0 bridgehead atoms. The van der Waals surface area contributed by atoms with Crippen LogP contribution in [0.5, 0.6) is 5.75 Å². The topological polar surface area (TPSA) is 49.9 Å². The van der Waals surface area contributed by atoms with Gasteiger partial charge in [-0.2, -0.15) is 0 Å². The largest absolute Gasteiger partial charge is 0.492 e. The van der Waals surface area contributed by atoms with Crippen LogP contribution in [0.4, 0.5) is 5.69 Å². The minimum atomic E-state index is -0.504. The first-order valence-electron chi connectivity index (χ1n) is 5.94. The van der Waals surface area contributed by atoms with E-state index in [1.165, 1.54) is 9.80 Å². The van der Waals surface area contributed by atoms with Crippen molar-refractivity contribution in [1.82, 2.24) is 4.90 Å². The van der Waals surface area contributed by atoms with Gasteiger partial charge in [-0.25, -0.2) is 0 Å². The lowest BCUT2D eigenvalue weighted by Gasteiger charge is -2.32. The minimum absolute atomic E-state index is 0.479. The summed E-state index contributed by atoms with van der Waals surface area (Å²) in [6, 6.07) is 7.27. The van der Waals surface area contributed by atoms with Crippen LogP contribution in [0.2, 0.25) is 0 Å². The molecule has 0 spiro atoms. The van der Waals surface area contributed by atoms with Crippen LogP contribution in [-0.4, -0.2) is 43.5 Å². The number of hydrogen-bond donors (Lipinski definition) is 0. The molecule has 1 aromatic rings. The molecule has 96 valence electrons. The highest BCUT2D eigenvalue weighted by atomic mass is 16.5. The zero-order valence-corrected chi connectivity index (χ0v) is 10.5. The van der Waals surface area contributed by atoms with Gasteiger partial charge in [-0.05, 0) is 19.1 Å². The van der Waals surface area contributed by atoms with Gasteiger partial charge in [-0.1, -0.05) is 12.1 Å². The van der Waals surface area contributed by atoms with E-state index in [0.29, 0.717) is 31.1 Å².